The van der Waals surface area contributed by atoms with Crippen molar-refractivity contribution in [3.63, 3.8) is 0 Å². The molecule has 0 amide bonds. The topological polar surface area (TPSA) is 66.0 Å². The molecule has 1 aromatic carbocycles. The second kappa shape index (κ2) is 5.82. The van der Waals surface area contributed by atoms with Crippen LogP contribution in [0.25, 0.3) is 0 Å². The Morgan fingerprint density at radius 3 is 2.81 bits per heavy atom. The number of hydrogen-bond donors (Lipinski definition) is 2. The summed E-state index contributed by atoms with van der Waals surface area (Å²) in [5, 5.41) is 9.02. The molecule has 0 fully saturated rings. The first-order chi connectivity index (χ1) is 10.2. The van der Waals surface area contributed by atoms with Crippen molar-refractivity contribution >= 4 is 0 Å². The smallest absolute Gasteiger partial charge is 0.254 e. The van der Waals surface area contributed by atoms with Gasteiger partial charge >= 0.3 is 0 Å². The standard InChI is InChI=1S/C17H20N2O2/c1-11-15(8-9-20)17(21)19-16(18-11)14-7-6-12-4-2-3-5-13(12)10-14/h2-5,14,20H,6-10H2,1H3,(H,18,19,21). The molecule has 4 nitrogen and oxygen atoms in total. The minimum Gasteiger partial charge on any atom is -0.396 e. The average Bonchev–Trinajstić information content (AvgIpc) is 2.50. The summed E-state index contributed by atoms with van der Waals surface area (Å²) in [5.74, 6) is 1.06. The molecule has 21 heavy (non-hydrogen) atoms. The molecule has 1 heterocycles. The highest BCUT2D eigenvalue weighted by Gasteiger charge is 2.22. The second-order valence-electron chi connectivity index (χ2n) is 5.70. The lowest BCUT2D eigenvalue weighted by Gasteiger charge is -2.24. The summed E-state index contributed by atoms with van der Waals surface area (Å²) in [4.78, 5) is 19.6. The van der Waals surface area contributed by atoms with Crippen molar-refractivity contribution in [1.82, 2.24) is 9.97 Å². The van der Waals surface area contributed by atoms with Crippen LogP contribution in [0.4, 0.5) is 0 Å². The van der Waals surface area contributed by atoms with Gasteiger partial charge in [-0.3, -0.25) is 4.79 Å². The number of benzene rings is 1. The summed E-state index contributed by atoms with van der Waals surface area (Å²) in [6.45, 7) is 1.82. The van der Waals surface area contributed by atoms with Gasteiger partial charge in [-0.2, -0.15) is 0 Å². The molecule has 0 radical (unpaired) electrons. The van der Waals surface area contributed by atoms with Crippen molar-refractivity contribution in [3.05, 3.63) is 62.8 Å². The molecule has 1 aliphatic carbocycles. The van der Waals surface area contributed by atoms with Crippen LogP contribution in [0.2, 0.25) is 0 Å². The highest BCUT2D eigenvalue weighted by atomic mass is 16.3. The zero-order chi connectivity index (χ0) is 14.8. The average molecular weight is 284 g/mol. The van der Waals surface area contributed by atoms with Gasteiger partial charge in [0.05, 0.1) is 0 Å². The Kier molecular flexibility index (Phi) is 3.88. The number of hydrogen-bond acceptors (Lipinski definition) is 3. The molecule has 1 unspecified atom stereocenters. The van der Waals surface area contributed by atoms with Gasteiger partial charge in [-0.25, -0.2) is 4.98 Å². The number of H-pyrrole nitrogens is 1. The van der Waals surface area contributed by atoms with Crippen LogP contribution in [0.5, 0.6) is 0 Å². The minimum absolute atomic E-state index is 0.0260. The fourth-order valence-electron chi connectivity index (χ4n) is 3.16. The molecule has 0 bridgehead atoms. The van der Waals surface area contributed by atoms with E-state index in [1.807, 2.05) is 6.92 Å². The highest BCUT2D eigenvalue weighted by molar-refractivity contribution is 5.32. The quantitative estimate of drug-likeness (QED) is 0.904. The zero-order valence-corrected chi connectivity index (χ0v) is 12.2. The Morgan fingerprint density at radius 1 is 1.33 bits per heavy atom. The van der Waals surface area contributed by atoms with E-state index in [-0.39, 0.29) is 18.1 Å². The van der Waals surface area contributed by atoms with Crippen molar-refractivity contribution in [2.45, 2.75) is 38.5 Å². The van der Waals surface area contributed by atoms with Crippen molar-refractivity contribution in [2.75, 3.05) is 6.61 Å². The highest BCUT2D eigenvalue weighted by Crippen LogP contribution is 2.30. The maximum atomic E-state index is 12.1. The van der Waals surface area contributed by atoms with E-state index in [1.165, 1.54) is 11.1 Å². The van der Waals surface area contributed by atoms with E-state index in [2.05, 4.69) is 34.2 Å². The summed E-state index contributed by atoms with van der Waals surface area (Å²) >= 11 is 0. The van der Waals surface area contributed by atoms with Crippen LogP contribution in [0.3, 0.4) is 0 Å². The van der Waals surface area contributed by atoms with Crippen molar-refractivity contribution in [2.24, 2.45) is 0 Å². The molecule has 3 rings (SSSR count). The van der Waals surface area contributed by atoms with E-state index in [0.29, 0.717) is 12.0 Å². The first-order valence-electron chi connectivity index (χ1n) is 7.46. The maximum Gasteiger partial charge on any atom is 0.254 e. The Labute approximate surface area is 123 Å². The maximum absolute atomic E-state index is 12.1. The van der Waals surface area contributed by atoms with E-state index >= 15 is 0 Å². The molecule has 1 aromatic heterocycles. The fourth-order valence-corrected chi connectivity index (χ4v) is 3.16. The summed E-state index contributed by atoms with van der Waals surface area (Å²) in [6, 6.07) is 8.48. The van der Waals surface area contributed by atoms with Gasteiger partial charge in [0.1, 0.15) is 5.82 Å². The third-order valence-corrected chi connectivity index (χ3v) is 4.34. The van der Waals surface area contributed by atoms with E-state index in [4.69, 9.17) is 5.11 Å². The number of nitrogens with one attached hydrogen (secondary N) is 1. The molecule has 1 aliphatic rings. The summed E-state index contributed by atoms with van der Waals surface area (Å²) in [7, 11) is 0. The molecule has 0 spiro atoms. The molecular weight excluding hydrogens is 264 g/mol. The van der Waals surface area contributed by atoms with Gasteiger partial charge in [-0.05, 0) is 37.3 Å². The van der Waals surface area contributed by atoms with Crippen LogP contribution in [-0.4, -0.2) is 21.7 Å². The first-order valence-corrected chi connectivity index (χ1v) is 7.46. The fraction of sp³-hybridized carbons (Fsp3) is 0.412. The first kappa shape index (κ1) is 14.0. The lowest BCUT2D eigenvalue weighted by atomic mass is 9.83. The van der Waals surface area contributed by atoms with Crippen LogP contribution < -0.4 is 5.56 Å². The third kappa shape index (κ3) is 2.76. The summed E-state index contributed by atoms with van der Waals surface area (Å²) in [6.07, 6.45) is 3.33. The van der Waals surface area contributed by atoms with Gasteiger partial charge in [0.25, 0.3) is 5.56 Å². The van der Waals surface area contributed by atoms with Crippen molar-refractivity contribution < 1.29 is 5.11 Å². The zero-order valence-electron chi connectivity index (χ0n) is 12.2. The number of fused-ring (bicyclic) bond motifs is 1. The number of aromatic nitrogens is 2. The number of aryl methyl sites for hydroxylation is 2. The number of nitrogens with zero attached hydrogens (tertiary/aromatic N) is 1. The van der Waals surface area contributed by atoms with Crippen molar-refractivity contribution in [3.8, 4) is 0 Å². The predicted molar refractivity (Wildman–Crippen MR) is 81.6 cm³/mol. The van der Waals surface area contributed by atoms with Crippen LogP contribution in [0, 0.1) is 6.92 Å². The van der Waals surface area contributed by atoms with Gasteiger partial charge in [0.15, 0.2) is 0 Å². The van der Waals surface area contributed by atoms with E-state index in [1.54, 1.807) is 0 Å². The van der Waals surface area contributed by atoms with Crippen molar-refractivity contribution in [1.29, 1.82) is 0 Å². The summed E-state index contributed by atoms with van der Waals surface area (Å²) < 4.78 is 0. The lowest BCUT2D eigenvalue weighted by Crippen LogP contribution is -2.24. The summed E-state index contributed by atoms with van der Waals surface area (Å²) in [5.41, 5.74) is 3.99. The second-order valence-corrected chi connectivity index (χ2v) is 5.70. The molecule has 2 aromatic rings. The molecule has 2 N–H and O–H groups in total. The van der Waals surface area contributed by atoms with Crippen LogP contribution in [-0.2, 0) is 19.3 Å². The normalized spacial score (nSPS) is 17.5. The molecule has 0 aliphatic heterocycles. The van der Waals surface area contributed by atoms with E-state index in [0.717, 1.165) is 30.8 Å². The van der Waals surface area contributed by atoms with Gasteiger partial charge in [0, 0.05) is 30.2 Å². The Hall–Kier alpha value is -1.94. The van der Waals surface area contributed by atoms with E-state index < -0.39 is 0 Å². The van der Waals surface area contributed by atoms with Gasteiger partial charge in [-0.15, -0.1) is 0 Å². The molecule has 0 saturated heterocycles. The molecular formula is C17H20N2O2. The van der Waals surface area contributed by atoms with Crippen LogP contribution in [0.15, 0.2) is 29.1 Å². The predicted octanol–water partition coefficient (Wildman–Crippen LogP) is 1.89. The molecule has 4 heteroatoms. The molecule has 1 atom stereocenters. The number of aliphatic hydroxyl groups excluding tert-OH is 1. The van der Waals surface area contributed by atoms with Gasteiger partial charge in [0.2, 0.25) is 0 Å². The largest absolute Gasteiger partial charge is 0.396 e. The minimum atomic E-state index is -0.106. The Bertz CT molecular complexity index is 706. The Balaban J connectivity index is 1.91. The van der Waals surface area contributed by atoms with Crippen LogP contribution >= 0.6 is 0 Å². The monoisotopic (exact) mass is 284 g/mol. The molecule has 0 saturated carbocycles. The van der Waals surface area contributed by atoms with Gasteiger partial charge in [-0.1, -0.05) is 24.3 Å². The SMILES string of the molecule is Cc1nc(C2CCc3ccccc3C2)[nH]c(=O)c1CCO. The lowest BCUT2D eigenvalue weighted by molar-refractivity contribution is 0.298. The molecule has 110 valence electrons. The number of aliphatic hydroxyl groups is 1. The third-order valence-electron chi connectivity index (χ3n) is 4.34. The number of rotatable bonds is 3. The van der Waals surface area contributed by atoms with Crippen LogP contribution in [0.1, 0.15) is 40.5 Å². The van der Waals surface area contributed by atoms with Gasteiger partial charge < -0.3 is 10.1 Å². The number of aromatic amines is 1. The van der Waals surface area contributed by atoms with E-state index in [9.17, 15) is 4.79 Å². The Morgan fingerprint density at radius 2 is 2.10 bits per heavy atom.